The Morgan fingerprint density at radius 2 is 2.19 bits per heavy atom. The van der Waals surface area contributed by atoms with Crippen molar-refractivity contribution in [3.05, 3.63) is 21.9 Å². The highest BCUT2D eigenvalue weighted by Gasteiger charge is 2.47. The Bertz CT molecular complexity index is 523. The van der Waals surface area contributed by atoms with E-state index in [0.29, 0.717) is 0 Å². The molecule has 2 heterocycles. The van der Waals surface area contributed by atoms with Crippen LogP contribution < -0.4 is 5.32 Å². The molecule has 0 aromatic carbocycles. The van der Waals surface area contributed by atoms with Crippen LogP contribution in [-0.2, 0) is 4.79 Å². The molecule has 2 unspecified atom stereocenters. The molecule has 2 atom stereocenters. The summed E-state index contributed by atoms with van der Waals surface area (Å²) in [6, 6.07) is 4.32. The molecule has 2 fully saturated rings. The van der Waals surface area contributed by atoms with Crippen LogP contribution in [-0.4, -0.2) is 22.9 Å². The van der Waals surface area contributed by atoms with E-state index < -0.39 is 5.54 Å². The molecule has 0 bridgehead atoms. The van der Waals surface area contributed by atoms with E-state index in [1.54, 1.807) is 11.3 Å². The predicted molar refractivity (Wildman–Crippen MR) is 87.3 cm³/mol. The fourth-order valence-corrected chi connectivity index (χ4v) is 4.08. The number of nitrogens with one attached hydrogen (secondary N) is 1. The zero-order chi connectivity index (χ0) is 15.0. The predicted octanol–water partition coefficient (Wildman–Crippen LogP) is 3.85. The van der Waals surface area contributed by atoms with Crippen molar-refractivity contribution < 1.29 is 4.79 Å². The second-order valence-corrected chi connectivity index (χ2v) is 8.08. The molecule has 1 saturated heterocycles. The maximum atomic E-state index is 12.8. The summed E-state index contributed by atoms with van der Waals surface area (Å²) < 4.78 is 0. The van der Waals surface area contributed by atoms with Gasteiger partial charge in [-0.25, -0.2) is 0 Å². The van der Waals surface area contributed by atoms with E-state index in [1.807, 2.05) is 6.92 Å². The smallest absolute Gasteiger partial charge is 0.244 e. The van der Waals surface area contributed by atoms with E-state index in [0.717, 1.165) is 25.3 Å². The molecule has 0 spiro atoms. The van der Waals surface area contributed by atoms with Gasteiger partial charge in [0.05, 0.1) is 5.54 Å². The van der Waals surface area contributed by atoms with Crippen LogP contribution in [0.3, 0.4) is 0 Å². The lowest BCUT2D eigenvalue weighted by Crippen LogP contribution is -2.43. The lowest BCUT2D eigenvalue weighted by atomic mass is 9.99. The molecule has 0 radical (unpaired) electrons. The van der Waals surface area contributed by atoms with Crippen LogP contribution in [0.2, 0.25) is 0 Å². The van der Waals surface area contributed by atoms with Crippen molar-refractivity contribution in [2.45, 2.75) is 64.6 Å². The maximum Gasteiger partial charge on any atom is 0.244 e. The third-order valence-electron chi connectivity index (χ3n) is 4.95. The van der Waals surface area contributed by atoms with Crippen LogP contribution in [0.4, 0.5) is 0 Å². The van der Waals surface area contributed by atoms with E-state index >= 15 is 0 Å². The Balaban J connectivity index is 1.75. The number of rotatable bonds is 6. The van der Waals surface area contributed by atoms with Crippen LogP contribution in [0.5, 0.6) is 0 Å². The molecule has 1 N–H and O–H groups in total. The summed E-state index contributed by atoms with van der Waals surface area (Å²) >= 11 is 1.80. The lowest BCUT2D eigenvalue weighted by Gasteiger charge is -2.23. The van der Waals surface area contributed by atoms with Gasteiger partial charge in [-0.1, -0.05) is 19.8 Å². The van der Waals surface area contributed by atoms with Gasteiger partial charge in [0.2, 0.25) is 5.91 Å². The number of hydrogen-bond donors (Lipinski definition) is 1. The topological polar surface area (TPSA) is 32.3 Å². The number of aryl methyl sites for hydroxylation is 1. The minimum Gasteiger partial charge on any atom is -0.320 e. The van der Waals surface area contributed by atoms with Gasteiger partial charge in [0.25, 0.3) is 0 Å². The third-order valence-corrected chi connectivity index (χ3v) is 6.00. The summed E-state index contributed by atoms with van der Waals surface area (Å²) in [5, 5.41) is 3.59. The SMILES string of the molecule is CCC1(C)NC(c2ccc(C)s2)N(CCCC2CC2)C1=O. The second kappa shape index (κ2) is 5.73. The highest BCUT2D eigenvalue weighted by Crippen LogP contribution is 2.37. The molecule has 4 heteroatoms. The number of nitrogens with zero attached hydrogens (tertiary/aromatic N) is 1. The molecule has 1 aromatic rings. The zero-order valence-electron chi connectivity index (χ0n) is 13.3. The summed E-state index contributed by atoms with van der Waals surface area (Å²) in [5.41, 5.74) is -0.401. The zero-order valence-corrected chi connectivity index (χ0v) is 14.1. The van der Waals surface area contributed by atoms with E-state index in [-0.39, 0.29) is 12.1 Å². The molecule has 1 saturated carbocycles. The molecular formula is C17H26N2OS. The van der Waals surface area contributed by atoms with Gasteiger partial charge in [0.1, 0.15) is 6.17 Å². The van der Waals surface area contributed by atoms with E-state index in [2.05, 4.69) is 36.2 Å². The number of amides is 1. The van der Waals surface area contributed by atoms with E-state index in [4.69, 9.17) is 0 Å². The van der Waals surface area contributed by atoms with Crippen molar-refractivity contribution in [1.29, 1.82) is 0 Å². The average molecular weight is 306 g/mol. The van der Waals surface area contributed by atoms with Gasteiger partial charge in [-0.05, 0) is 51.2 Å². The van der Waals surface area contributed by atoms with Crippen LogP contribution in [0.25, 0.3) is 0 Å². The summed E-state index contributed by atoms with van der Waals surface area (Å²) in [6.07, 6.45) is 6.12. The second-order valence-electron chi connectivity index (χ2n) is 6.77. The average Bonchev–Trinajstić information content (AvgIpc) is 3.14. The summed E-state index contributed by atoms with van der Waals surface area (Å²) in [5.74, 6) is 1.22. The fraction of sp³-hybridized carbons (Fsp3) is 0.706. The molecule has 116 valence electrons. The molecule has 1 amide bonds. The molecule has 1 aromatic heterocycles. The third kappa shape index (κ3) is 3.02. The van der Waals surface area contributed by atoms with Crippen molar-refractivity contribution in [2.75, 3.05) is 6.54 Å². The highest BCUT2D eigenvalue weighted by molar-refractivity contribution is 7.12. The first-order valence-electron chi connectivity index (χ1n) is 8.18. The molecule has 2 aliphatic rings. The Labute approximate surface area is 131 Å². The summed E-state index contributed by atoms with van der Waals surface area (Å²) in [4.78, 5) is 17.5. The Hall–Kier alpha value is -0.870. The number of hydrogen-bond acceptors (Lipinski definition) is 3. The van der Waals surface area contributed by atoms with Crippen LogP contribution in [0, 0.1) is 12.8 Å². The first-order chi connectivity index (χ1) is 10.0. The summed E-state index contributed by atoms with van der Waals surface area (Å²) in [6.45, 7) is 7.15. The van der Waals surface area contributed by atoms with Gasteiger partial charge in [0.15, 0.2) is 0 Å². The normalized spacial score (nSPS) is 29.4. The van der Waals surface area contributed by atoms with Crippen molar-refractivity contribution >= 4 is 17.2 Å². The number of carbonyl (C=O) groups is 1. The van der Waals surface area contributed by atoms with Crippen molar-refractivity contribution in [3.8, 4) is 0 Å². The molecular weight excluding hydrogens is 280 g/mol. The van der Waals surface area contributed by atoms with Gasteiger partial charge in [0, 0.05) is 16.3 Å². The standard InChI is InChI=1S/C17H26N2OS/c1-4-17(3)16(20)19(11-5-6-13-8-9-13)15(18-17)14-10-7-12(2)21-14/h7,10,13,15,18H,4-6,8-9,11H2,1-3H3. The first kappa shape index (κ1) is 15.0. The molecule has 1 aliphatic heterocycles. The van der Waals surface area contributed by atoms with Crippen molar-refractivity contribution in [3.63, 3.8) is 0 Å². The minimum atomic E-state index is -0.401. The first-order valence-corrected chi connectivity index (χ1v) is 9.00. The van der Waals surface area contributed by atoms with Crippen molar-refractivity contribution in [2.24, 2.45) is 5.92 Å². The maximum absolute atomic E-state index is 12.8. The highest BCUT2D eigenvalue weighted by atomic mass is 32.1. The van der Waals surface area contributed by atoms with Crippen LogP contribution in [0.1, 0.15) is 61.9 Å². The van der Waals surface area contributed by atoms with E-state index in [9.17, 15) is 4.79 Å². The van der Waals surface area contributed by atoms with Gasteiger partial charge < -0.3 is 4.90 Å². The van der Waals surface area contributed by atoms with Gasteiger partial charge in [-0.15, -0.1) is 11.3 Å². The summed E-state index contributed by atoms with van der Waals surface area (Å²) in [7, 11) is 0. The molecule has 3 rings (SSSR count). The fourth-order valence-electron chi connectivity index (χ4n) is 3.14. The number of carbonyl (C=O) groups excluding carboxylic acids is 1. The molecule has 3 nitrogen and oxygen atoms in total. The Morgan fingerprint density at radius 1 is 1.43 bits per heavy atom. The lowest BCUT2D eigenvalue weighted by molar-refractivity contribution is -0.133. The quantitative estimate of drug-likeness (QED) is 0.866. The van der Waals surface area contributed by atoms with E-state index in [1.165, 1.54) is 29.0 Å². The monoisotopic (exact) mass is 306 g/mol. The van der Waals surface area contributed by atoms with Crippen LogP contribution >= 0.6 is 11.3 Å². The van der Waals surface area contributed by atoms with Gasteiger partial charge in [-0.3, -0.25) is 10.1 Å². The Kier molecular flexibility index (Phi) is 4.10. The molecule has 1 aliphatic carbocycles. The molecule has 21 heavy (non-hydrogen) atoms. The van der Waals surface area contributed by atoms with Gasteiger partial charge in [-0.2, -0.15) is 0 Å². The van der Waals surface area contributed by atoms with Gasteiger partial charge >= 0.3 is 0 Å². The Morgan fingerprint density at radius 3 is 2.76 bits per heavy atom. The number of thiophene rings is 1. The largest absolute Gasteiger partial charge is 0.320 e. The van der Waals surface area contributed by atoms with Crippen molar-refractivity contribution in [1.82, 2.24) is 10.2 Å². The van der Waals surface area contributed by atoms with Crippen LogP contribution in [0.15, 0.2) is 12.1 Å². The minimum absolute atomic E-state index is 0.0698.